The van der Waals surface area contributed by atoms with Crippen LogP contribution in [-0.4, -0.2) is 0 Å². The van der Waals surface area contributed by atoms with E-state index in [0.29, 0.717) is 0 Å². The first kappa shape index (κ1) is 43.7. The van der Waals surface area contributed by atoms with Crippen molar-refractivity contribution in [3.05, 3.63) is 0 Å². The van der Waals surface area contributed by atoms with E-state index in [1.54, 1.807) is 22.3 Å². The minimum atomic E-state index is -1.78. The Bertz CT molecular complexity index is 485. The molecule has 0 spiro atoms. The number of hydrogen-bond donors (Lipinski definition) is 0. The number of rotatable bonds is 34. The van der Waals surface area contributed by atoms with E-state index in [1.165, 1.54) is 167 Å². The zero-order valence-electron chi connectivity index (χ0n) is 32.0. The van der Waals surface area contributed by atoms with E-state index in [9.17, 15) is 0 Å². The summed E-state index contributed by atoms with van der Waals surface area (Å²) < 4.78 is 5.32. The molecule has 0 bridgehead atoms. The van der Waals surface area contributed by atoms with E-state index < -0.39 is 16.6 Å². The van der Waals surface area contributed by atoms with Gasteiger partial charge in [-0.25, -0.2) is 0 Å². The van der Waals surface area contributed by atoms with Crippen molar-refractivity contribution < 1.29 is 16.6 Å². The summed E-state index contributed by atoms with van der Waals surface area (Å²) in [5.41, 5.74) is 0. The summed E-state index contributed by atoms with van der Waals surface area (Å²) in [6, 6.07) is 0. The van der Waals surface area contributed by atoms with Crippen molar-refractivity contribution in [3.63, 3.8) is 0 Å². The van der Waals surface area contributed by atoms with Crippen molar-refractivity contribution in [2.75, 3.05) is 0 Å². The summed E-state index contributed by atoms with van der Waals surface area (Å²) in [5.74, 6) is 1.79. The first-order valence-corrected chi connectivity index (χ1v) is 24.7. The first-order valence-electron chi connectivity index (χ1n) is 20.7. The van der Waals surface area contributed by atoms with Gasteiger partial charge < -0.3 is 0 Å². The van der Waals surface area contributed by atoms with Crippen LogP contribution in [0, 0.1) is 11.8 Å². The average Bonchev–Trinajstić information content (AvgIpc) is 2.95. The van der Waals surface area contributed by atoms with Crippen LogP contribution in [0.15, 0.2) is 0 Å². The molecule has 0 unspecified atom stereocenters. The van der Waals surface area contributed by atoms with Gasteiger partial charge in [-0.3, -0.25) is 0 Å². The van der Waals surface area contributed by atoms with Crippen LogP contribution < -0.4 is 0 Å². The third-order valence-corrected chi connectivity index (χ3v) is 22.3. The molecule has 0 aromatic carbocycles. The Morgan fingerprint density at radius 1 is 0.256 bits per heavy atom. The van der Waals surface area contributed by atoms with Crippen LogP contribution in [0.5, 0.6) is 0 Å². The Kier molecular flexibility index (Phi) is 31.8. The van der Waals surface area contributed by atoms with Gasteiger partial charge in [-0.05, 0) is 11.8 Å². The van der Waals surface area contributed by atoms with Crippen LogP contribution in [0.4, 0.5) is 0 Å². The normalized spacial score (nSPS) is 12.6. The summed E-state index contributed by atoms with van der Waals surface area (Å²) in [4.78, 5) is 0. The predicted molar refractivity (Wildman–Crippen MR) is 199 cm³/mol. The fourth-order valence-corrected chi connectivity index (χ4v) is 16.8. The quantitative estimate of drug-likeness (QED) is 0.0485. The molecule has 0 heterocycles. The zero-order chi connectivity index (χ0) is 32.0. The van der Waals surface area contributed by atoms with Gasteiger partial charge in [0.15, 0.2) is 0 Å². The molecule has 0 aliphatic rings. The fourth-order valence-electron chi connectivity index (χ4n) is 7.85. The molecule has 0 aromatic rings. The average molecular weight is 641 g/mol. The van der Waals surface area contributed by atoms with Gasteiger partial charge in [0.2, 0.25) is 0 Å². The summed E-state index contributed by atoms with van der Waals surface area (Å²) >= 11 is -1.78. The van der Waals surface area contributed by atoms with Gasteiger partial charge in [0.25, 0.3) is 0 Å². The standard InChI is InChI=1S/2C18H37.2C3H7.Ti/c2*1-4-5-6-7-8-9-10-11-12-13-14-15-16-17-18(2)3;2*1-3-2;/h2*18H,1,4-17H2,2-3H3;2*3H,1-2H3;. The van der Waals surface area contributed by atoms with Gasteiger partial charge in [0.1, 0.15) is 0 Å². The minimum absolute atomic E-state index is 0.893. The van der Waals surface area contributed by atoms with Crippen LogP contribution >= 0.6 is 0 Å². The molecule has 1 heteroatoms. The molecule has 0 N–H and O–H groups in total. The number of hydrogen-bond acceptors (Lipinski definition) is 0. The van der Waals surface area contributed by atoms with Gasteiger partial charge in [-0.2, -0.15) is 0 Å². The van der Waals surface area contributed by atoms with Gasteiger partial charge in [0.05, 0.1) is 0 Å². The topological polar surface area (TPSA) is 0 Å². The number of unbranched alkanes of at least 4 members (excludes halogenated alkanes) is 24. The second kappa shape index (κ2) is 31.3. The monoisotopic (exact) mass is 641 g/mol. The van der Waals surface area contributed by atoms with Crippen molar-refractivity contribution in [2.45, 2.75) is 253 Å². The molecule has 0 nitrogen and oxygen atoms in total. The SMILES string of the molecule is CC(C)CCCCCCCCCCCCCC[CH2][Ti]([CH2]CCCCCCCCCCCCCCC(C)C)([CH](C)C)[CH](C)C. The van der Waals surface area contributed by atoms with E-state index in [4.69, 9.17) is 0 Å². The van der Waals surface area contributed by atoms with E-state index >= 15 is 0 Å². The van der Waals surface area contributed by atoms with Crippen molar-refractivity contribution >= 4 is 0 Å². The molecule has 0 saturated carbocycles. The molecule has 0 amide bonds. The van der Waals surface area contributed by atoms with Crippen LogP contribution in [-0.2, 0) is 16.6 Å². The Morgan fingerprint density at radius 2 is 0.442 bits per heavy atom. The van der Waals surface area contributed by atoms with Crippen molar-refractivity contribution in [2.24, 2.45) is 11.8 Å². The summed E-state index contributed by atoms with van der Waals surface area (Å²) in [6.45, 7) is 19.9. The predicted octanol–water partition coefficient (Wildman–Crippen LogP) is 16.9. The van der Waals surface area contributed by atoms with Crippen LogP contribution in [0.2, 0.25) is 17.9 Å². The Hall–Kier alpha value is 0.714. The fraction of sp³-hybridized carbons (Fsp3) is 1.00. The molecular formula is C42H88Ti. The summed E-state index contributed by atoms with van der Waals surface area (Å²) in [6.07, 6.45) is 41.6. The van der Waals surface area contributed by atoms with Gasteiger partial charge in [-0.15, -0.1) is 0 Å². The Morgan fingerprint density at radius 3 is 0.628 bits per heavy atom. The molecule has 0 atom stereocenters. The molecule has 43 heavy (non-hydrogen) atoms. The third-order valence-electron chi connectivity index (χ3n) is 11.1. The Balaban J connectivity index is 3.78. The van der Waals surface area contributed by atoms with Crippen LogP contribution in [0.25, 0.3) is 0 Å². The molecule has 260 valence electrons. The maximum absolute atomic E-state index is 2.61. The van der Waals surface area contributed by atoms with Crippen LogP contribution in [0.1, 0.15) is 235 Å². The van der Waals surface area contributed by atoms with Gasteiger partial charge >= 0.3 is 203 Å². The second-order valence-corrected chi connectivity index (χ2v) is 25.6. The first-order chi connectivity index (χ1) is 20.7. The van der Waals surface area contributed by atoms with E-state index in [0.717, 1.165) is 20.3 Å². The van der Waals surface area contributed by atoms with E-state index in [-0.39, 0.29) is 0 Å². The molecule has 0 rings (SSSR count). The molecule has 0 aliphatic carbocycles. The van der Waals surface area contributed by atoms with Crippen molar-refractivity contribution in [3.8, 4) is 0 Å². The molecule has 0 aromatic heterocycles. The molecule has 0 fully saturated rings. The van der Waals surface area contributed by atoms with Gasteiger partial charge in [0, 0.05) is 0 Å². The maximum atomic E-state index is 2.61. The molecular weight excluding hydrogens is 552 g/mol. The van der Waals surface area contributed by atoms with E-state index in [1.807, 2.05) is 0 Å². The van der Waals surface area contributed by atoms with Gasteiger partial charge in [-0.1, -0.05) is 66.2 Å². The molecule has 0 aliphatic heterocycles. The zero-order valence-corrected chi connectivity index (χ0v) is 33.6. The third kappa shape index (κ3) is 27.5. The molecule has 0 radical (unpaired) electrons. The molecule has 0 saturated heterocycles. The van der Waals surface area contributed by atoms with Crippen molar-refractivity contribution in [1.82, 2.24) is 0 Å². The van der Waals surface area contributed by atoms with Crippen LogP contribution in [0.3, 0.4) is 0 Å². The summed E-state index contributed by atoms with van der Waals surface area (Å²) in [5, 5.41) is 0. The second-order valence-electron chi connectivity index (χ2n) is 16.6. The summed E-state index contributed by atoms with van der Waals surface area (Å²) in [7, 11) is 0. The van der Waals surface area contributed by atoms with Crippen molar-refractivity contribution in [1.29, 1.82) is 0 Å². The Labute approximate surface area is 280 Å². The van der Waals surface area contributed by atoms with E-state index in [2.05, 4.69) is 55.4 Å².